The van der Waals surface area contributed by atoms with Crippen molar-refractivity contribution in [1.82, 2.24) is 4.90 Å². The minimum absolute atomic E-state index is 0.0237. The van der Waals surface area contributed by atoms with Crippen molar-refractivity contribution in [2.24, 2.45) is 0 Å². The molecule has 0 aliphatic rings. The number of carboxylic acid groups (broad SMARTS) is 1. The van der Waals surface area contributed by atoms with Crippen molar-refractivity contribution in [2.75, 3.05) is 20.3 Å². The average Bonchev–Trinajstić information content (AvgIpc) is 2.39. The number of amides is 1. The number of carboxylic acids is 1. The van der Waals surface area contributed by atoms with E-state index in [4.69, 9.17) is 9.84 Å². The smallest absolute Gasteiger partial charge is 0.336 e. The summed E-state index contributed by atoms with van der Waals surface area (Å²) in [5.41, 5.74) is 0.232. The number of hydrogen-bond donors (Lipinski definition) is 1. The van der Waals surface area contributed by atoms with Gasteiger partial charge in [0.25, 0.3) is 5.91 Å². The molecule has 0 fully saturated rings. The second kappa shape index (κ2) is 6.89. The molecule has 1 aromatic rings. The third-order valence-electron chi connectivity index (χ3n) is 2.93. The van der Waals surface area contributed by atoms with Crippen LogP contribution in [-0.4, -0.2) is 48.2 Å². The van der Waals surface area contributed by atoms with Crippen molar-refractivity contribution in [2.45, 2.75) is 19.9 Å². The Morgan fingerprint density at radius 1 is 1.32 bits per heavy atom. The van der Waals surface area contributed by atoms with Crippen LogP contribution in [0.2, 0.25) is 0 Å². The first-order valence-corrected chi connectivity index (χ1v) is 6.15. The maximum absolute atomic E-state index is 12.4. The highest BCUT2D eigenvalue weighted by atomic mass is 16.5. The number of hydrogen-bond acceptors (Lipinski definition) is 3. The molecular weight excluding hydrogens is 246 g/mol. The third kappa shape index (κ3) is 3.54. The number of nitrogens with zero attached hydrogens (tertiary/aromatic N) is 1. The zero-order chi connectivity index (χ0) is 14.4. The fourth-order valence-corrected chi connectivity index (χ4v) is 2.00. The zero-order valence-electron chi connectivity index (χ0n) is 11.4. The van der Waals surface area contributed by atoms with E-state index >= 15 is 0 Å². The van der Waals surface area contributed by atoms with Gasteiger partial charge in [0.2, 0.25) is 0 Å². The van der Waals surface area contributed by atoms with Crippen LogP contribution < -0.4 is 0 Å². The third-order valence-corrected chi connectivity index (χ3v) is 2.93. The Morgan fingerprint density at radius 3 is 2.37 bits per heavy atom. The topological polar surface area (TPSA) is 66.8 Å². The van der Waals surface area contributed by atoms with Gasteiger partial charge in [-0.1, -0.05) is 12.1 Å². The lowest BCUT2D eigenvalue weighted by molar-refractivity contribution is 0.0566. The molecule has 0 spiro atoms. The first-order valence-electron chi connectivity index (χ1n) is 6.15. The summed E-state index contributed by atoms with van der Waals surface area (Å²) < 4.78 is 5.04. The van der Waals surface area contributed by atoms with Gasteiger partial charge < -0.3 is 14.7 Å². The lowest BCUT2D eigenvalue weighted by atomic mass is 10.1. The maximum atomic E-state index is 12.4. The second-order valence-electron chi connectivity index (χ2n) is 4.25. The largest absolute Gasteiger partial charge is 0.478 e. The number of rotatable bonds is 6. The van der Waals surface area contributed by atoms with Crippen molar-refractivity contribution in [3.63, 3.8) is 0 Å². The molecule has 0 bridgehead atoms. The van der Waals surface area contributed by atoms with Crippen LogP contribution in [0, 0.1) is 0 Å². The molecular formula is C14H19NO4. The van der Waals surface area contributed by atoms with Crippen molar-refractivity contribution in [3.8, 4) is 0 Å². The van der Waals surface area contributed by atoms with E-state index in [1.807, 2.05) is 13.8 Å². The van der Waals surface area contributed by atoms with Gasteiger partial charge in [0.05, 0.1) is 23.8 Å². The Balaban J connectivity index is 3.07. The number of carbonyl (C=O) groups excluding carboxylic acids is 1. The molecule has 1 aromatic carbocycles. The molecule has 0 aliphatic carbocycles. The second-order valence-corrected chi connectivity index (χ2v) is 4.25. The highest BCUT2D eigenvalue weighted by Crippen LogP contribution is 2.14. The summed E-state index contributed by atoms with van der Waals surface area (Å²) in [5.74, 6) is -1.38. The summed E-state index contributed by atoms with van der Waals surface area (Å²) >= 11 is 0. The summed E-state index contributed by atoms with van der Waals surface area (Å²) in [7, 11) is 1.57. The highest BCUT2D eigenvalue weighted by molar-refractivity contribution is 6.04. The van der Waals surface area contributed by atoms with E-state index in [9.17, 15) is 9.59 Å². The number of aromatic carboxylic acids is 1. The molecule has 1 atom stereocenters. The molecule has 0 radical (unpaired) electrons. The summed E-state index contributed by atoms with van der Waals surface area (Å²) in [4.78, 5) is 25.2. The normalized spacial score (nSPS) is 11.9. The molecule has 0 saturated heterocycles. The molecule has 0 heterocycles. The number of benzene rings is 1. The number of methoxy groups -OCH3 is 1. The highest BCUT2D eigenvalue weighted by Gasteiger charge is 2.23. The first kappa shape index (κ1) is 15.2. The zero-order valence-corrected chi connectivity index (χ0v) is 11.4. The van der Waals surface area contributed by atoms with Crippen LogP contribution in [-0.2, 0) is 4.74 Å². The molecule has 0 saturated carbocycles. The van der Waals surface area contributed by atoms with E-state index in [1.54, 1.807) is 24.1 Å². The Kier molecular flexibility index (Phi) is 5.51. The fraction of sp³-hybridized carbons (Fsp3) is 0.429. The number of likely N-dealkylation sites (N-methyl/N-ethyl adjacent to an activating group) is 1. The minimum atomic E-state index is -1.10. The summed E-state index contributed by atoms with van der Waals surface area (Å²) in [5, 5.41) is 9.12. The van der Waals surface area contributed by atoms with Gasteiger partial charge in [0.1, 0.15) is 0 Å². The van der Waals surface area contributed by atoms with Crippen molar-refractivity contribution in [3.05, 3.63) is 35.4 Å². The summed E-state index contributed by atoms with van der Waals surface area (Å²) in [6.07, 6.45) is 0. The molecule has 5 nitrogen and oxygen atoms in total. The predicted molar refractivity (Wildman–Crippen MR) is 71.4 cm³/mol. The maximum Gasteiger partial charge on any atom is 0.336 e. The Hall–Kier alpha value is -1.88. The van der Waals surface area contributed by atoms with Gasteiger partial charge in [0.15, 0.2) is 0 Å². The molecule has 5 heteroatoms. The lowest BCUT2D eigenvalue weighted by Crippen LogP contribution is -2.41. The molecule has 1 N–H and O–H groups in total. The average molecular weight is 265 g/mol. The van der Waals surface area contributed by atoms with Gasteiger partial charge in [-0.15, -0.1) is 0 Å². The van der Waals surface area contributed by atoms with E-state index in [0.717, 1.165) is 0 Å². The first-order chi connectivity index (χ1) is 9.02. The Morgan fingerprint density at radius 2 is 1.89 bits per heavy atom. The van der Waals surface area contributed by atoms with Crippen LogP contribution in [0.4, 0.5) is 0 Å². The summed E-state index contributed by atoms with van der Waals surface area (Å²) in [6, 6.07) is 6.13. The van der Waals surface area contributed by atoms with Crippen molar-refractivity contribution >= 4 is 11.9 Å². The number of ether oxygens (including phenoxy) is 1. The molecule has 1 unspecified atom stereocenters. The van der Waals surface area contributed by atoms with Crippen LogP contribution in [0.5, 0.6) is 0 Å². The van der Waals surface area contributed by atoms with Gasteiger partial charge in [-0.25, -0.2) is 4.79 Å². The fourth-order valence-electron chi connectivity index (χ4n) is 2.00. The van der Waals surface area contributed by atoms with Crippen LogP contribution in [0.15, 0.2) is 24.3 Å². The molecule has 104 valence electrons. The van der Waals surface area contributed by atoms with Gasteiger partial charge >= 0.3 is 5.97 Å². The molecule has 19 heavy (non-hydrogen) atoms. The van der Waals surface area contributed by atoms with Gasteiger partial charge in [-0.3, -0.25) is 4.79 Å². The Bertz CT molecular complexity index is 459. The summed E-state index contributed by atoms with van der Waals surface area (Å²) in [6.45, 7) is 4.63. The predicted octanol–water partition coefficient (Wildman–Crippen LogP) is 1.88. The van der Waals surface area contributed by atoms with Crippen molar-refractivity contribution < 1.29 is 19.4 Å². The van der Waals surface area contributed by atoms with E-state index in [1.165, 1.54) is 12.1 Å². The van der Waals surface area contributed by atoms with Crippen molar-refractivity contribution in [1.29, 1.82) is 0 Å². The van der Waals surface area contributed by atoms with Crippen LogP contribution in [0.3, 0.4) is 0 Å². The van der Waals surface area contributed by atoms with E-state index in [0.29, 0.717) is 13.2 Å². The molecule has 1 rings (SSSR count). The molecule has 0 aliphatic heterocycles. The SMILES string of the molecule is CCN(C(=O)c1ccccc1C(=O)O)C(C)COC. The number of carbonyl (C=O) groups is 2. The van der Waals surface area contributed by atoms with Crippen LogP contribution in [0.25, 0.3) is 0 Å². The van der Waals surface area contributed by atoms with E-state index in [2.05, 4.69) is 0 Å². The van der Waals surface area contributed by atoms with E-state index in [-0.39, 0.29) is 23.1 Å². The molecule has 0 aromatic heterocycles. The van der Waals surface area contributed by atoms with Crippen LogP contribution in [0.1, 0.15) is 34.6 Å². The quantitative estimate of drug-likeness (QED) is 0.852. The monoisotopic (exact) mass is 265 g/mol. The van der Waals surface area contributed by atoms with Crippen LogP contribution >= 0.6 is 0 Å². The van der Waals surface area contributed by atoms with Gasteiger partial charge in [-0.05, 0) is 26.0 Å². The standard InChI is InChI=1S/C14H19NO4/c1-4-15(10(2)9-19-3)13(16)11-7-5-6-8-12(11)14(17)18/h5-8,10H,4,9H2,1-3H3,(H,17,18). The van der Waals surface area contributed by atoms with Gasteiger partial charge in [-0.2, -0.15) is 0 Å². The van der Waals surface area contributed by atoms with E-state index < -0.39 is 5.97 Å². The van der Waals surface area contributed by atoms with Gasteiger partial charge in [0, 0.05) is 13.7 Å². The lowest BCUT2D eigenvalue weighted by Gasteiger charge is -2.28. The Labute approximate surface area is 112 Å². The minimum Gasteiger partial charge on any atom is -0.478 e. The molecule has 1 amide bonds.